The van der Waals surface area contributed by atoms with Crippen LogP contribution in [0.25, 0.3) is 0 Å². The summed E-state index contributed by atoms with van der Waals surface area (Å²) in [5.41, 5.74) is 5.34. The van der Waals surface area contributed by atoms with E-state index in [0.29, 0.717) is 11.2 Å². The molecule has 0 aromatic carbocycles. The van der Waals surface area contributed by atoms with E-state index in [9.17, 15) is 4.79 Å². The Hall–Kier alpha value is -0.246. The number of rotatable bonds is 16. The zero-order valence-corrected chi connectivity index (χ0v) is 15.2. The molecule has 0 saturated carbocycles. The van der Waals surface area contributed by atoms with Crippen LogP contribution in [0, 0.1) is 0 Å². The number of unbranched alkanes of at least 4 members (excludes halogenated alkanes) is 9. The molecule has 0 heterocycles. The molecule has 1 amide bonds. The van der Waals surface area contributed by atoms with Crippen molar-refractivity contribution in [3.63, 3.8) is 0 Å². The first-order valence-electron chi connectivity index (χ1n) is 8.92. The SMILES string of the molecule is CCCCCCCCCCCC(=O)NCCCCN[C](N)=[Ni]. The molecule has 0 saturated heterocycles. The standard InChI is InChI=1S/C17H35N3O.Ni/c1-2-3-4-5-6-7-8-9-10-13-17(21)20-15-12-11-14-19-16-18;/h19H,2-15,18H2,1H3,(H,20,21);. The minimum atomic E-state index is 0.187. The molecule has 4 N–H and O–H groups in total. The van der Waals surface area contributed by atoms with Crippen molar-refractivity contribution in [2.45, 2.75) is 84.0 Å². The van der Waals surface area contributed by atoms with Crippen LogP contribution in [0.3, 0.4) is 0 Å². The van der Waals surface area contributed by atoms with Crippen molar-refractivity contribution in [3.8, 4) is 0 Å². The molecule has 22 heavy (non-hydrogen) atoms. The molecule has 0 bridgehead atoms. The van der Waals surface area contributed by atoms with Gasteiger partial charge in [0, 0.05) is 0 Å². The summed E-state index contributed by atoms with van der Waals surface area (Å²) in [5.74, 6) is 0.187. The average Bonchev–Trinajstić information content (AvgIpc) is 2.48. The molecule has 0 spiro atoms. The molecule has 0 aromatic rings. The van der Waals surface area contributed by atoms with Crippen molar-refractivity contribution in [1.29, 1.82) is 0 Å². The van der Waals surface area contributed by atoms with E-state index in [-0.39, 0.29) is 5.91 Å². The maximum absolute atomic E-state index is 11.6. The van der Waals surface area contributed by atoms with Gasteiger partial charge in [-0.05, 0) is 0 Å². The van der Waals surface area contributed by atoms with E-state index >= 15 is 0 Å². The Kier molecular flexibility index (Phi) is 16.9. The summed E-state index contributed by atoms with van der Waals surface area (Å²) in [4.78, 5) is 11.6. The van der Waals surface area contributed by atoms with Gasteiger partial charge in [0.15, 0.2) is 0 Å². The van der Waals surface area contributed by atoms with Crippen molar-refractivity contribution >= 4 is 10.6 Å². The van der Waals surface area contributed by atoms with Gasteiger partial charge in [-0.2, -0.15) is 0 Å². The van der Waals surface area contributed by atoms with E-state index in [0.717, 1.165) is 32.4 Å². The summed E-state index contributed by atoms with van der Waals surface area (Å²) < 4.78 is 0.384. The van der Waals surface area contributed by atoms with Crippen molar-refractivity contribution < 1.29 is 19.8 Å². The third kappa shape index (κ3) is 17.8. The second kappa shape index (κ2) is 17.1. The Balaban J connectivity index is 3.17. The first-order valence-corrected chi connectivity index (χ1v) is 9.41. The maximum atomic E-state index is 11.6. The third-order valence-corrected chi connectivity index (χ3v) is 3.89. The second-order valence-electron chi connectivity index (χ2n) is 5.88. The van der Waals surface area contributed by atoms with Gasteiger partial charge < -0.3 is 0 Å². The monoisotopic (exact) mass is 355 g/mol. The Morgan fingerprint density at radius 1 is 0.818 bits per heavy atom. The average molecular weight is 356 g/mol. The molecule has 4 nitrogen and oxygen atoms in total. The van der Waals surface area contributed by atoms with Crippen molar-refractivity contribution in [2.75, 3.05) is 13.1 Å². The zero-order valence-electron chi connectivity index (χ0n) is 14.2. The number of carbonyl (C=O) groups is 1. The Labute approximate surface area is 144 Å². The molecule has 0 aliphatic carbocycles. The summed E-state index contributed by atoms with van der Waals surface area (Å²) in [5, 5.41) is 5.89. The summed E-state index contributed by atoms with van der Waals surface area (Å²) in [6.45, 7) is 3.79. The fourth-order valence-electron chi connectivity index (χ4n) is 2.36. The van der Waals surface area contributed by atoms with Gasteiger partial charge in [-0.25, -0.2) is 0 Å². The summed E-state index contributed by atoms with van der Waals surface area (Å²) >= 11 is 4.43. The van der Waals surface area contributed by atoms with E-state index < -0.39 is 0 Å². The van der Waals surface area contributed by atoms with Gasteiger partial charge in [-0.3, -0.25) is 0 Å². The normalized spacial score (nSPS) is 10.7. The van der Waals surface area contributed by atoms with Crippen LogP contribution in [0.1, 0.15) is 84.0 Å². The van der Waals surface area contributed by atoms with Crippen LogP contribution in [0.5, 0.6) is 0 Å². The van der Waals surface area contributed by atoms with Crippen molar-refractivity contribution in [2.24, 2.45) is 5.73 Å². The fourth-order valence-corrected chi connectivity index (χ4v) is 2.49. The molecule has 0 aliphatic heterocycles. The molecule has 0 radical (unpaired) electrons. The van der Waals surface area contributed by atoms with Gasteiger partial charge in [-0.1, -0.05) is 45.4 Å². The van der Waals surface area contributed by atoms with Crippen LogP contribution in [-0.4, -0.2) is 23.7 Å². The first-order chi connectivity index (χ1) is 10.7. The predicted molar refractivity (Wildman–Crippen MR) is 91.3 cm³/mol. The molecule has 0 rings (SSSR count). The van der Waals surface area contributed by atoms with Crippen LogP contribution in [0.4, 0.5) is 0 Å². The van der Waals surface area contributed by atoms with Gasteiger partial charge >= 0.3 is 98.5 Å². The van der Waals surface area contributed by atoms with Crippen molar-refractivity contribution in [3.05, 3.63) is 0 Å². The molecule has 0 fully saturated rings. The Morgan fingerprint density at radius 2 is 1.32 bits per heavy atom. The second-order valence-corrected chi connectivity index (χ2v) is 6.41. The van der Waals surface area contributed by atoms with Crippen molar-refractivity contribution in [1.82, 2.24) is 10.6 Å². The molecular formula is C17H35N3NiO. The minimum absolute atomic E-state index is 0.187. The Bertz CT molecular complexity index is 285. The molecule has 0 aromatic heterocycles. The van der Waals surface area contributed by atoms with Gasteiger partial charge in [0.25, 0.3) is 0 Å². The van der Waals surface area contributed by atoms with E-state index in [1.807, 2.05) is 0 Å². The first kappa shape index (κ1) is 21.8. The molecule has 0 atom stereocenters. The van der Waals surface area contributed by atoms with Gasteiger partial charge in [-0.15, -0.1) is 0 Å². The van der Waals surface area contributed by atoms with E-state index in [1.54, 1.807) is 0 Å². The van der Waals surface area contributed by atoms with E-state index in [2.05, 4.69) is 32.6 Å². The number of hydrogen-bond acceptors (Lipinski definition) is 3. The molecule has 134 valence electrons. The number of nitrogens with two attached hydrogens (primary N) is 1. The summed E-state index contributed by atoms with van der Waals surface area (Å²) in [6.07, 6.45) is 14.2. The molecule has 5 heteroatoms. The number of carbonyl (C=O) groups excluding carboxylic acids is 1. The molecule has 0 unspecified atom stereocenters. The van der Waals surface area contributed by atoms with E-state index in [1.165, 1.54) is 51.4 Å². The van der Waals surface area contributed by atoms with Crippen LogP contribution in [0.2, 0.25) is 0 Å². The van der Waals surface area contributed by atoms with Gasteiger partial charge in [0.2, 0.25) is 0 Å². The zero-order chi connectivity index (χ0) is 16.5. The number of nitrogens with one attached hydrogen (secondary N) is 2. The van der Waals surface area contributed by atoms with Crippen LogP contribution < -0.4 is 16.4 Å². The predicted octanol–water partition coefficient (Wildman–Crippen LogP) is 2.99. The topological polar surface area (TPSA) is 67.2 Å². The van der Waals surface area contributed by atoms with Gasteiger partial charge in [0.1, 0.15) is 0 Å². The van der Waals surface area contributed by atoms with Crippen LogP contribution in [-0.2, 0) is 19.8 Å². The summed E-state index contributed by atoms with van der Waals surface area (Å²) in [6, 6.07) is 0. The van der Waals surface area contributed by atoms with Crippen LogP contribution >= 0.6 is 0 Å². The van der Waals surface area contributed by atoms with E-state index in [4.69, 9.17) is 5.73 Å². The fraction of sp³-hybridized carbons (Fsp3) is 0.882. The number of hydrogen-bond donors (Lipinski definition) is 3. The molecule has 0 aliphatic rings. The molecular weight excluding hydrogens is 321 g/mol. The Morgan fingerprint density at radius 3 is 1.86 bits per heavy atom. The quantitative estimate of drug-likeness (QED) is 0.294. The third-order valence-electron chi connectivity index (χ3n) is 3.72. The van der Waals surface area contributed by atoms with Gasteiger partial charge in [0.05, 0.1) is 0 Å². The van der Waals surface area contributed by atoms with Crippen LogP contribution in [0.15, 0.2) is 0 Å². The summed E-state index contributed by atoms with van der Waals surface area (Å²) in [7, 11) is 0. The number of amides is 1.